The van der Waals surface area contributed by atoms with Gasteiger partial charge in [0.1, 0.15) is 23.9 Å². The second kappa shape index (κ2) is 12.3. The Labute approximate surface area is 257 Å². The minimum absolute atomic E-state index is 0.00559. The Bertz CT molecular complexity index is 1590. The average Bonchev–Trinajstić information content (AvgIpc) is 3.52. The van der Waals surface area contributed by atoms with Crippen LogP contribution in [0.15, 0.2) is 30.6 Å². The van der Waals surface area contributed by atoms with Gasteiger partial charge in [-0.3, -0.25) is 14.5 Å². The van der Waals surface area contributed by atoms with Crippen LogP contribution in [0.4, 0.5) is 36.6 Å². The van der Waals surface area contributed by atoms with E-state index in [9.17, 15) is 40.3 Å². The number of nitrogens with zero attached hydrogens (tertiary/aromatic N) is 5. The summed E-state index contributed by atoms with van der Waals surface area (Å²) in [6.07, 6.45) is -9.68. The fraction of sp³-hybridized carbons (Fsp3) is 0.500. The summed E-state index contributed by atoms with van der Waals surface area (Å²) in [5.74, 6) is -5.64. The molecule has 2 amide bonds. The van der Waals surface area contributed by atoms with Crippen molar-refractivity contribution >= 4 is 34.7 Å². The quantitative estimate of drug-likeness (QED) is 0.364. The van der Waals surface area contributed by atoms with Crippen LogP contribution in [0.1, 0.15) is 35.7 Å². The summed E-state index contributed by atoms with van der Waals surface area (Å²) in [5.41, 5.74) is 8.10. The van der Waals surface area contributed by atoms with Crippen LogP contribution in [0.5, 0.6) is 0 Å². The number of piperidine rings is 1. The van der Waals surface area contributed by atoms with Gasteiger partial charge in [-0.25, -0.2) is 13.9 Å². The maximum atomic E-state index is 14.8. The highest BCUT2D eigenvalue weighted by atomic mass is 35.5. The lowest BCUT2D eigenvalue weighted by atomic mass is 9.96. The second-order valence-electron chi connectivity index (χ2n) is 11.3. The number of carbonyl (C=O) groups is 2. The van der Waals surface area contributed by atoms with Gasteiger partial charge in [0, 0.05) is 18.7 Å². The number of nitrogens with two attached hydrogens (primary N) is 1. The molecule has 3 aromatic rings. The summed E-state index contributed by atoms with van der Waals surface area (Å²) < 4.78 is 94.7. The molecule has 1 aromatic carbocycles. The SMILES string of the molecule is CC(C(=O)N1C[C@H](F)[C@H](NC(=O)c2cc(-c3cc(CN4CCC(C(F)(F)F)CC4)c4c(N)ncnn34)ccc2Cl)C1)C(F)(F)F. The number of anilines is 1. The van der Waals surface area contributed by atoms with Gasteiger partial charge < -0.3 is 16.0 Å². The number of rotatable bonds is 6. The Hall–Kier alpha value is -3.66. The summed E-state index contributed by atoms with van der Waals surface area (Å²) in [4.78, 5) is 32.1. The van der Waals surface area contributed by atoms with Gasteiger partial charge in [-0.05, 0) is 56.6 Å². The van der Waals surface area contributed by atoms with Gasteiger partial charge >= 0.3 is 12.4 Å². The first-order valence-electron chi connectivity index (χ1n) is 14.0. The third kappa shape index (κ3) is 6.81. The number of nitrogens with one attached hydrogen (secondary N) is 1. The number of hydrogen-bond acceptors (Lipinski definition) is 6. The number of aromatic nitrogens is 3. The minimum Gasteiger partial charge on any atom is -0.382 e. The Morgan fingerprint density at radius 1 is 1.11 bits per heavy atom. The van der Waals surface area contributed by atoms with Gasteiger partial charge in [0.15, 0.2) is 5.82 Å². The number of amides is 2. The predicted molar refractivity (Wildman–Crippen MR) is 150 cm³/mol. The van der Waals surface area contributed by atoms with Gasteiger partial charge in [0.05, 0.1) is 34.8 Å². The second-order valence-corrected chi connectivity index (χ2v) is 11.8. The van der Waals surface area contributed by atoms with Crippen molar-refractivity contribution in [2.75, 3.05) is 31.9 Å². The van der Waals surface area contributed by atoms with Gasteiger partial charge in [-0.2, -0.15) is 31.4 Å². The molecule has 2 fully saturated rings. The number of alkyl halides is 7. The average molecular weight is 664 g/mol. The number of hydrogen-bond donors (Lipinski definition) is 2. The molecule has 4 heterocycles. The van der Waals surface area contributed by atoms with Crippen molar-refractivity contribution < 1.29 is 40.3 Å². The number of halogens is 8. The number of nitrogen functional groups attached to an aromatic ring is 1. The molecule has 0 radical (unpaired) electrons. The van der Waals surface area contributed by atoms with Gasteiger partial charge in [0.25, 0.3) is 5.91 Å². The molecule has 3 N–H and O–H groups in total. The maximum Gasteiger partial charge on any atom is 0.400 e. The molecule has 244 valence electrons. The van der Waals surface area contributed by atoms with E-state index in [1.54, 1.807) is 12.1 Å². The van der Waals surface area contributed by atoms with Crippen molar-refractivity contribution in [3.63, 3.8) is 0 Å². The Balaban J connectivity index is 1.36. The topological polar surface area (TPSA) is 109 Å². The highest BCUT2D eigenvalue weighted by Gasteiger charge is 2.46. The number of fused-ring (bicyclic) bond motifs is 1. The molecular formula is C28H29ClF7N7O2. The van der Waals surface area contributed by atoms with Crippen molar-refractivity contribution in [3.8, 4) is 11.3 Å². The smallest absolute Gasteiger partial charge is 0.382 e. The zero-order chi connectivity index (χ0) is 32.8. The van der Waals surface area contributed by atoms with Crippen LogP contribution in [-0.4, -0.2) is 87.0 Å². The van der Waals surface area contributed by atoms with Crippen LogP contribution in [0.2, 0.25) is 5.02 Å². The van der Waals surface area contributed by atoms with Crippen molar-refractivity contribution in [2.24, 2.45) is 11.8 Å². The molecule has 5 rings (SSSR count). The molecule has 45 heavy (non-hydrogen) atoms. The van der Waals surface area contributed by atoms with Gasteiger partial charge in [0.2, 0.25) is 5.91 Å². The van der Waals surface area contributed by atoms with Gasteiger partial charge in [-0.15, -0.1) is 0 Å². The summed E-state index contributed by atoms with van der Waals surface area (Å²) in [7, 11) is 0. The number of likely N-dealkylation sites (tertiary alicyclic amines) is 2. The Morgan fingerprint density at radius 2 is 1.80 bits per heavy atom. The summed E-state index contributed by atoms with van der Waals surface area (Å²) in [5, 5.41) is 6.72. The zero-order valence-electron chi connectivity index (χ0n) is 23.8. The molecule has 2 aliphatic rings. The van der Waals surface area contributed by atoms with E-state index in [0.29, 0.717) is 29.3 Å². The molecular weight excluding hydrogens is 635 g/mol. The van der Waals surface area contributed by atoms with E-state index in [2.05, 4.69) is 15.4 Å². The first kappa shape index (κ1) is 32.7. The molecule has 0 aliphatic carbocycles. The third-order valence-corrected chi connectivity index (χ3v) is 8.68. The molecule has 3 atom stereocenters. The Kier molecular flexibility index (Phi) is 8.92. The van der Waals surface area contributed by atoms with Crippen LogP contribution < -0.4 is 11.1 Å². The molecule has 1 unspecified atom stereocenters. The Morgan fingerprint density at radius 3 is 2.44 bits per heavy atom. The van der Waals surface area contributed by atoms with E-state index in [-0.39, 0.29) is 48.9 Å². The van der Waals surface area contributed by atoms with Crippen molar-refractivity contribution in [2.45, 2.75) is 50.9 Å². The highest BCUT2D eigenvalue weighted by Crippen LogP contribution is 2.36. The van der Waals surface area contributed by atoms with Crippen LogP contribution in [0, 0.1) is 11.8 Å². The lowest BCUT2D eigenvalue weighted by Crippen LogP contribution is -2.43. The predicted octanol–water partition coefficient (Wildman–Crippen LogP) is 4.88. The van der Waals surface area contributed by atoms with E-state index < -0.39 is 61.3 Å². The summed E-state index contributed by atoms with van der Waals surface area (Å²) in [6, 6.07) is 4.93. The summed E-state index contributed by atoms with van der Waals surface area (Å²) in [6.45, 7) is 0.361. The van der Waals surface area contributed by atoms with Crippen molar-refractivity contribution in [1.29, 1.82) is 0 Å². The summed E-state index contributed by atoms with van der Waals surface area (Å²) >= 11 is 6.31. The number of benzene rings is 1. The molecule has 0 bridgehead atoms. The van der Waals surface area contributed by atoms with Crippen LogP contribution in [0.25, 0.3) is 16.8 Å². The normalized spacial score (nSPS) is 21.0. The van der Waals surface area contributed by atoms with Crippen molar-refractivity contribution in [1.82, 2.24) is 29.7 Å². The fourth-order valence-corrected chi connectivity index (χ4v) is 5.93. The van der Waals surface area contributed by atoms with Crippen LogP contribution in [-0.2, 0) is 11.3 Å². The first-order chi connectivity index (χ1) is 21.0. The lowest BCUT2D eigenvalue weighted by Gasteiger charge is -2.32. The number of carbonyl (C=O) groups excluding carboxylic acids is 2. The molecule has 0 saturated carbocycles. The zero-order valence-corrected chi connectivity index (χ0v) is 24.6. The lowest BCUT2D eigenvalue weighted by molar-refractivity contribution is -0.186. The fourth-order valence-electron chi connectivity index (χ4n) is 5.73. The van der Waals surface area contributed by atoms with E-state index in [4.69, 9.17) is 17.3 Å². The molecule has 2 saturated heterocycles. The van der Waals surface area contributed by atoms with Crippen molar-refractivity contribution in [3.05, 3.63) is 46.7 Å². The highest BCUT2D eigenvalue weighted by molar-refractivity contribution is 6.34. The molecule has 2 aliphatic heterocycles. The third-order valence-electron chi connectivity index (χ3n) is 8.35. The largest absolute Gasteiger partial charge is 0.400 e. The van der Waals surface area contributed by atoms with E-state index in [1.165, 1.54) is 23.0 Å². The van der Waals surface area contributed by atoms with Gasteiger partial charge in [-0.1, -0.05) is 17.7 Å². The van der Waals surface area contributed by atoms with Crippen LogP contribution >= 0.6 is 11.6 Å². The first-order valence-corrected chi connectivity index (χ1v) is 14.4. The van der Waals surface area contributed by atoms with Crippen LogP contribution in [0.3, 0.4) is 0 Å². The molecule has 17 heteroatoms. The van der Waals surface area contributed by atoms with E-state index in [1.807, 2.05) is 4.90 Å². The molecule has 2 aromatic heterocycles. The maximum absolute atomic E-state index is 14.8. The minimum atomic E-state index is -4.79. The van der Waals surface area contributed by atoms with E-state index >= 15 is 0 Å². The molecule has 9 nitrogen and oxygen atoms in total. The monoisotopic (exact) mass is 663 g/mol. The molecule has 0 spiro atoms. The standard InChI is InChI=1S/C28H29ClF7N7O2/c1-14(27(31,32)33)26(45)42-11-20(30)21(12-42)40-25(44)18-8-15(2-3-19(18)29)22-9-16(23-24(37)38-13-39-43(22)23)10-41-6-4-17(5-7-41)28(34,35)36/h2-3,8-9,13-14,17,20-21H,4-7,10-12H2,1H3,(H,40,44)(H2,37,38,39)/t14?,20-,21+/m0/s1. The van der Waals surface area contributed by atoms with E-state index in [0.717, 1.165) is 4.90 Å².